The zero-order valence-electron chi connectivity index (χ0n) is 13.6. The van der Waals surface area contributed by atoms with Crippen LogP contribution in [0, 0.1) is 0 Å². The third kappa shape index (κ3) is 5.25. The van der Waals surface area contributed by atoms with E-state index in [0.29, 0.717) is 18.9 Å². The van der Waals surface area contributed by atoms with Crippen LogP contribution in [-0.2, 0) is 31.9 Å². The van der Waals surface area contributed by atoms with Crippen molar-refractivity contribution in [3.63, 3.8) is 0 Å². The molecule has 2 rings (SSSR count). The number of carbonyl (C=O) groups is 2. The molecule has 0 aromatic heterocycles. The van der Waals surface area contributed by atoms with Crippen LogP contribution < -0.4 is 10.1 Å². The summed E-state index contributed by atoms with van der Waals surface area (Å²) in [5.74, 6) is -0.271. The maximum Gasteiger partial charge on any atom is 0.344 e. The highest BCUT2D eigenvalue weighted by molar-refractivity contribution is 5.83. The fraction of sp³-hybridized carbons (Fsp3) is 0.529. The minimum Gasteiger partial charge on any atom is -0.482 e. The van der Waals surface area contributed by atoms with Gasteiger partial charge in [0.05, 0.1) is 6.61 Å². The number of fused-ring (bicyclic) bond motifs is 1. The first-order chi connectivity index (χ1) is 11.1. The van der Waals surface area contributed by atoms with Crippen LogP contribution in [0.25, 0.3) is 0 Å². The summed E-state index contributed by atoms with van der Waals surface area (Å²) in [6, 6.07) is 5.86. The minimum absolute atomic E-state index is 0.214. The molecule has 1 atom stereocenters. The van der Waals surface area contributed by atoms with E-state index < -0.39 is 12.1 Å². The van der Waals surface area contributed by atoms with Gasteiger partial charge in [-0.2, -0.15) is 0 Å². The van der Waals surface area contributed by atoms with Gasteiger partial charge in [-0.05, 0) is 49.4 Å². The molecule has 0 saturated heterocycles. The van der Waals surface area contributed by atoms with Crippen LogP contribution in [0.1, 0.15) is 24.5 Å². The maximum absolute atomic E-state index is 11.7. The Kier molecular flexibility index (Phi) is 6.40. The maximum atomic E-state index is 11.7. The van der Waals surface area contributed by atoms with E-state index in [4.69, 9.17) is 14.2 Å². The van der Waals surface area contributed by atoms with Gasteiger partial charge in [0.2, 0.25) is 0 Å². The molecule has 0 spiro atoms. The van der Waals surface area contributed by atoms with Crippen molar-refractivity contribution >= 4 is 11.9 Å². The molecule has 1 aromatic rings. The number of carbonyl (C=O) groups excluding carboxylic acids is 2. The Morgan fingerprint density at radius 1 is 1.26 bits per heavy atom. The topological polar surface area (TPSA) is 73.9 Å². The molecule has 1 aromatic carbocycles. The standard InChI is InChI=1S/C17H23NO5/c1-12(17(20)18-8-9-21-2)23-16(19)11-22-15-7-6-13-4-3-5-14(13)10-15/h6-7,10,12H,3-5,8-9,11H2,1-2H3,(H,18,20)/t12-/m0/s1. The van der Waals surface area contributed by atoms with E-state index in [2.05, 4.69) is 5.32 Å². The van der Waals surface area contributed by atoms with E-state index in [-0.39, 0.29) is 12.5 Å². The fourth-order valence-corrected chi connectivity index (χ4v) is 2.48. The van der Waals surface area contributed by atoms with Gasteiger partial charge in [0.15, 0.2) is 12.7 Å². The second kappa shape index (κ2) is 8.53. The number of hydrogen-bond acceptors (Lipinski definition) is 5. The lowest BCUT2D eigenvalue weighted by molar-refractivity contribution is -0.156. The number of ether oxygens (including phenoxy) is 3. The highest BCUT2D eigenvalue weighted by Crippen LogP contribution is 2.25. The van der Waals surface area contributed by atoms with Gasteiger partial charge < -0.3 is 19.5 Å². The number of esters is 1. The van der Waals surface area contributed by atoms with E-state index in [1.165, 1.54) is 18.1 Å². The highest BCUT2D eigenvalue weighted by Gasteiger charge is 2.18. The first kappa shape index (κ1) is 17.3. The summed E-state index contributed by atoms with van der Waals surface area (Å²) < 4.78 is 15.3. The minimum atomic E-state index is -0.858. The van der Waals surface area contributed by atoms with Crippen molar-refractivity contribution in [2.45, 2.75) is 32.3 Å². The lowest BCUT2D eigenvalue weighted by Crippen LogP contribution is -2.38. The second-order valence-electron chi connectivity index (χ2n) is 5.49. The number of hydrogen-bond donors (Lipinski definition) is 1. The first-order valence-electron chi connectivity index (χ1n) is 7.81. The number of nitrogens with one attached hydrogen (secondary N) is 1. The van der Waals surface area contributed by atoms with E-state index in [1.54, 1.807) is 7.11 Å². The van der Waals surface area contributed by atoms with Crippen molar-refractivity contribution in [1.82, 2.24) is 5.32 Å². The van der Waals surface area contributed by atoms with Crippen LogP contribution >= 0.6 is 0 Å². The molecule has 0 unspecified atom stereocenters. The van der Waals surface area contributed by atoms with Crippen molar-refractivity contribution in [1.29, 1.82) is 0 Å². The predicted molar refractivity (Wildman–Crippen MR) is 84.4 cm³/mol. The van der Waals surface area contributed by atoms with E-state index >= 15 is 0 Å². The Morgan fingerprint density at radius 2 is 2.04 bits per heavy atom. The molecule has 6 heteroatoms. The highest BCUT2D eigenvalue weighted by atomic mass is 16.6. The number of benzene rings is 1. The van der Waals surface area contributed by atoms with E-state index in [9.17, 15) is 9.59 Å². The molecular formula is C17H23NO5. The van der Waals surface area contributed by atoms with Gasteiger partial charge in [-0.25, -0.2) is 4.79 Å². The molecule has 0 fully saturated rings. The third-order valence-electron chi connectivity index (χ3n) is 3.71. The van der Waals surface area contributed by atoms with Crippen LogP contribution in [0.15, 0.2) is 18.2 Å². The summed E-state index contributed by atoms with van der Waals surface area (Å²) in [5.41, 5.74) is 2.63. The Labute approximate surface area is 136 Å². The molecule has 0 heterocycles. The van der Waals surface area contributed by atoms with Gasteiger partial charge in [0.1, 0.15) is 5.75 Å². The number of amides is 1. The van der Waals surface area contributed by atoms with Crippen molar-refractivity contribution in [2.75, 3.05) is 26.9 Å². The van der Waals surface area contributed by atoms with Gasteiger partial charge in [-0.15, -0.1) is 0 Å². The monoisotopic (exact) mass is 321 g/mol. The van der Waals surface area contributed by atoms with Crippen LogP contribution in [0.4, 0.5) is 0 Å². The van der Waals surface area contributed by atoms with Gasteiger partial charge in [0, 0.05) is 13.7 Å². The molecule has 6 nitrogen and oxygen atoms in total. The third-order valence-corrected chi connectivity index (χ3v) is 3.71. The Bertz CT molecular complexity index is 558. The summed E-state index contributed by atoms with van der Waals surface area (Å²) in [7, 11) is 1.55. The Balaban J connectivity index is 1.73. The van der Waals surface area contributed by atoms with Gasteiger partial charge in [-0.1, -0.05) is 6.07 Å². The summed E-state index contributed by atoms with van der Waals surface area (Å²) in [5, 5.41) is 2.61. The predicted octanol–water partition coefficient (Wildman–Crippen LogP) is 1.25. The molecule has 0 radical (unpaired) electrons. The van der Waals surface area contributed by atoms with Gasteiger partial charge in [0.25, 0.3) is 5.91 Å². The fourth-order valence-electron chi connectivity index (χ4n) is 2.48. The molecule has 0 bridgehead atoms. The number of aryl methyl sites for hydroxylation is 2. The van der Waals surface area contributed by atoms with E-state index in [0.717, 1.165) is 19.3 Å². The first-order valence-corrected chi connectivity index (χ1v) is 7.81. The smallest absolute Gasteiger partial charge is 0.344 e. The van der Waals surface area contributed by atoms with Crippen LogP contribution in [0.5, 0.6) is 5.75 Å². The molecule has 1 aliphatic rings. The van der Waals surface area contributed by atoms with Crippen LogP contribution in [-0.4, -0.2) is 44.8 Å². The van der Waals surface area contributed by atoms with E-state index in [1.807, 2.05) is 18.2 Å². The average Bonchev–Trinajstić information content (AvgIpc) is 3.00. The van der Waals surface area contributed by atoms with Gasteiger partial charge in [-0.3, -0.25) is 4.79 Å². The molecule has 126 valence electrons. The number of rotatable bonds is 8. The van der Waals surface area contributed by atoms with Crippen LogP contribution in [0.2, 0.25) is 0 Å². The van der Waals surface area contributed by atoms with Crippen molar-refractivity contribution in [3.8, 4) is 5.75 Å². The zero-order chi connectivity index (χ0) is 16.7. The number of methoxy groups -OCH3 is 1. The summed E-state index contributed by atoms with van der Waals surface area (Å²) in [6.07, 6.45) is 2.46. The van der Waals surface area contributed by atoms with Crippen molar-refractivity contribution in [2.24, 2.45) is 0 Å². The average molecular weight is 321 g/mol. The second-order valence-corrected chi connectivity index (χ2v) is 5.49. The lowest BCUT2D eigenvalue weighted by Gasteiger charge is -2.14. The lowest BCUT2D eigenvalue weighted by atomic mass is 10.1. The quantitative estimate of drug-likeness (QED) is 0.576. The SMILES string of the molecule is COCCNC(=O)[C@H](C)OC(=O)COc1ccc2c(c1)CCC2. The summed E-state index contributed by atoms with van der Waals surface area (Å²) in [6.45, 7) is 2.10. The normalized spacial score (nSPS) is 14.0. The summed E-state index contributed by atoms with van der Waals surface area (Å²) >= 11 is 0. The molecule has 1 amide bonds. The molecule has 23 heavy (non-hydrogen) atoms. The molecule has 0 saturated carbocycles. The molecular weight excluding hydrogens is 298 g/mol. The van der Waals surface area contributed by atoms with Crippen molar-refractivity contribution in [3.05, 3.63) is 29.3 Å². The Morgan fingerprint density at radius 3 is 2.83 bits per heavy atom. The zero-order valence-corrected chi connectivity index (χ0v) is 13.6. The Hall–Kier alpha value is -2.08. The summed E-state index contributed by atoms with van der Waals surface area (Å²) in [4.78, 5) is 23.4. The van der Waals surface area contributed by atoms with Crippen molar-refractivity contribution < 1.29 is 23.8 Å². The van der Waals surface area contributed by atoms with Crippen LogP contribution in [0.3, 0.4) is 0 Å². The molecule has 0 aliphatic heterocycles. The molecule has 1 aliphatic carbocycles. The molecule has 1 N–H and O–H groups in total. The van der Waals surface area contributed by atoms with Gasteiger partial charge >= 0.3 is 5.97 Å². The largest absolute Gasteiger partial charge is 0.482 e.